The van der Waals surface area contributed by atoms with Crippen molar-refractivity contribution >= 4 is 11.9 Å². The minimum absolute atomic E-state index is 0.0580. The van der Waals surface area contributed by atoms with Gasteiger partial charge >= 0.3 is 5.97 Å². The molecule has 0 saturated carbocycles. The minimum Gasteiger partial charge on any atom is -0.481 e. The first-order valence-electron chi connectivity index (χ1n) is 6.63. The number of likely N-dealkylation sites (tertiary alicyclic amines) is 1. The van der Waals surface area contributed by atoms with Crippen molar-refractivity contribution in [2.24, 2.45) is 5.92 Å². The van der Waals surface area contributed by atoms with Crippen LogP contribution in [-0.4, -0.2) is 60.5 Å². The molecule has 0 aromatic carbocycles. The lowest BCUT2D eigenvalue weighted by Gasteiger charge is -2.19. The molecule has 1 heterocycles. The normalized spacial score (nSPS) is 20.0. The molecular formula is C13H24N2O3. The Hall–Kier alpha value is -1.10. The molecular weight excluding hydrogens is 232 g/mol. The van der Waals surface area contributed by atoms with Gasteiger partial charge in [-0.3, -0.25) is 9.59 Å². The molecule has 18 heavy (non-hydrogen) atoms. The number of hydrogen-bond acceptors (Lipinski definition) is 3. The summed E-state index contributed by atoms with van der Waals surface area (Å²) in [5, 5.41) is 8.51. The Labute approximate surface area is 109 Å². The maximum Gasteiger partial charge on any atom is 0.303 e. The third-order valence-electron chi connectivity index (χ3n) is 3.57. The number of carboxylic acid groups (broad SMARTS) is 1. The highest BCUT2D eigenvalue weighted by Gasteiger charge is 2.20. The Morgan fingerprint density at radius 1 is 1.39 bits per heavy atom. The molecule has 1 rings (SSSR count). The van der Waals surface area contributed by atoms with Crippen LogP contribution in [0.15, 0.2) is 0 Å². The van der Waals surface area contributed by atoms with E-state index in [2.05, 4.69) is 11.9 Å². The van der Waals surface area contributed by atoms with Crippen molar-refractivity contribution in [2.45, 2.75) is 32.1 Å². The molecule has 1 N–H and O–H groups in total. The van der Waals surface area contributed by atoms with E-state index in [0.29, 0.717) is 18.8 Å². The van der Waals surface area contributed by atoms with Crippen LogP contribution in [0.3, 0.4) is 0 Å². The molecule has 0 radical (unpaired) electrons. The van der Waals surface area contributed by atoms with Gasteiger partial charge in [-0.2, -0.15) is 0 Å². The number of carbonyl (C=O) groups excluding carboxylic acids is 1. The van der Waals surface area contributed by atoms with Gasteiger partial charge in [0, 0.05) is 33.0 Å². The van der Waals surface area contributed by atoms with E-state index in [9.17, 15) is 9.59 Å². The van der Waals surface area contributed by atoms with Crippen molar-refractivity contribution in [2.75, 3.05) is 33.7 Å². The number of amides is 1. The van der Waals surface area contributed by atoms with E-state index < -0.39 is 5.97 Å². The Balaban J connectivity index is 2.13. The maximum atomic E-state index is 11.7. The molecule has 1 amide bonds. The summed E-state index contributed by atoms with van der Waals surface area (Å²) in [4.78, 5) is 26.1. The SMILES string of the molecule is CN1CCC(CCN(C)C(=O)CCCC(=O)O)C1. The fraction of sp³-hybridized carbons (Fsp3) is 0.846. The zero-order valence-electron chi connectivity index (χ0n) is 11.4. The van der Waals surface area contributed by atoms with Crippen molar-refractivity contribution in [1.29, 1.82) is 0 Å². The number of rotatable bonds is 7. The van der Waals surface area contributed by atoms with E-state index in [0.717, 1.165) is 26.1 Å². The van der Waals surface area contributed by atoms with Crippen molar-refractivity contribution < 1.29 is 14.7 Å². The molecule has 1 fully saturated rings. The number of carboxylic acids is 1. The third kappa shape index (κ3) is 5.49. The van der Waals surface area contributed by atoms with Crippen molar-refractivity contribution in [1.82, 2.24) is 9.80 Å². The summed E-state index contributed by atoms with van der Waals surface area (Å²) in [6.07, 6.45) is 3.12. The van der Waals surface area contributed by atoms with E-state index in [1.807, 2.05) is 7.05 Å². The highest BCUT2D eigenvalue weighted by Crippen LogP contribution is 2.18. The standard InChI is InChI=1S/C13H24N2O3/c1-14-8-6-11(10-14)7-9-15(2)12(16)4-3-5-13(17)18/h11H,3-10H2,1-2H3,(H,17,18). The van der Waals surface area contributed by atoms with Gasteiger partial charge in [-0.1, -0.05) is 0 Å². The highest BCUT2D eigenvalue weighted by molar-refractivity contribution is 5.76. The van der Waals surface area contributed by atoms with Crippen LogP contribution < -0.4 is 0 Å². The monoisotopic (exact) mass is 256 g/mol. The second kappa shape index (κ2) is 7.36. The minimum atomic E-state index is -0.834. The molecule has 1 aliphatic heterocycles. The predicted molar refractivity (Wildman–Crippen MR) is 69.3 cm³/mol. The van der Waals surface area contributed by atoms with Gasteiger partial charge in [0.2, 0.25) is 5.91 Å². The Morgan fingerprint density at radius 3 is 2.67 bits per heavy atom. The zero-order valence-corrected chi connectivity index (χ0v) is 11.4. The maximum absolute atomic E-state index is 11.7. The summed E-state index contributed by atoms with van der Waals surface area (Å²) in [6, 6.07) is 0. The van der Waals surface area contributed by atoms with Gasteiger partial charge < -0.3 is 14.9 Å². The molecule has 0 aromatic rings. The largest absolute Gasteiger partial charge is 0.481 e. The summed E-state index contributed by atoms with van der Waals surface area (Å²) in [5.74, 6) is -0.0775. The van der Waals surface area contributed by atoms with Crippen LogP contribution in [0.2, 0.25) is 0 Å². The molecule has 0 bridgehead atoms. The Bertz CT molecular complexity index is 294. The van der Waals surface area contributed by atoms with E-state index in [-0.39, 0.29) is 12.3 Å². The van der Waals surface area contributed by atoms with Gasteiger partial charge in [-0.15, -0.1) is 0 Å². The van der Waals surface area contributed by atoms with Crippen LogP contribution >= 0.6 is 0 Å². The first-order valence-corrected chi connectivity index (χ1v) is 6.63. The summed E-state index contributed by atoms with van der Waals surface area (Å²) in [5.41, 5.74) is 0. The van der Waals surface area contributed by atoms with Crippen molar-refractivity contribution in [3.63, 3.8) is 0 Å². The molecule has 104 valence electrons. The van der Waals surface area contributed by atoms with E-state index in [1.165, 1.54) is 6.42 Å². The molecule has 0 aromatic heterocycles. The van der Waals surface area contributed by atoms with Gasteiger partial charge in [0.25, 0.3) is 0 Å². The second-order valence-corrected chi connectivity index (χ2v) is 5.27. The van der Waals surface area contributed by atoms with Gasteiger partial charge in [-0.05, 0) is 38.8 Å². The number of hydrogen-bond donors (Lipinski definition) is 1. The first-order chi connectivity index (χ1) is 8.49. The van der Waals surface area contributed by atoms with Crippen LogP contribution in [0.25, 0.3) is 0 Å². The first kappa shape index (κ1) is 15.0. The lowest BCUT2D eigenvalue weighted by molar-refractivity contribution is -0.137. The average Bonchev–Trinajstić information content (AvgIpc) is 2.71. The fourth-order valence-corrected chi connectivity index (χ4v) is 2.34. The second-order valence-electron chi connectivity index (χ2n) is 5.27. The number of nitrogens with zero attached hydrogens (tertiary/aromatic N) is 2. The van der Waals surface area contributed by atoms with E-state index in [1.54, 1.807) is 4.90 Å². The Morgan fingerprint density at radius 2 is 2.11 bits per heavy atom. The van der Waals surface area contributed by atoms with Gasteiger partial charge in [0.05, 0.1) is 0 Å². The third-order valence-corrected chi connectivity index (χ3v) is 3.57. The summed E-state index contributed by atoms with van der Waals surface area (Å²) < 4.78 is 0. The quantitative estimate of drug-likeness (QED) is 0.739. The molecule has 5 nitrogen and oxygen atoms in total. The van der Waals surface area contributed by atoms with Gasteiger partial charge in [-0.25, -0.2) is 0 Å². The van der Waals surface area contributed by atoms with Crippen LogP contribution in [0.1, 0.15) is 32.1 Å². The van der Waals surface area contributed by atoms with Crippen LogP contribution in [0.5, 0.6) is 0 Å². The molecule has 5 heteroatoms. The summed E-state index contributed by atoms with van der Waals surface area (Å²) >= 11 is 0. The highest BCUT2D eigenvalue weighted by atomic mass is 16.4. The molecule has 1 atom stereocenters. The fourth-order valence-electron chi connectivity index (χ4n) is 2.34. The molecule has 1 unspecified atom stereocenters. The Kier molecular flexibility index (Phi) is 6.12. The average molecular weight is 256 g/mol. The van der Waals surface area contributed by atoms with Crippen LogP contribution in [0, 0.1) is 5.92 Å². The lowest BCUT2D eigenvalue weighted by Crippen LogP contribution is -2.29. The van der Waals surface area contributed by atoms with Crippen molar-refractivity contribution in [3.8, 4) is 0 Å². The van der Waals surface area contributed by atoms with Crippen molar-refractivity contribution in [3.05, 3.63) is 0 Å². The number of carbonyl (C=O) groups is 2. The van der Waals surface area contributed by atoms with Crippen LogP contribution in [-0.2, 0) is 9.59 Å². The summed E-state index contributed by atoms with van der Waals surface area (Å²) in [6.45, 7) is 3.06. The topological polar surface area (TPSA) is 60.9 Å². The van der Waals surface area contributed by atoms with E-state index >= 15 is 0 Å². The predicted octanol–water partition coefficient (Wildman–Crippen LogP) is 1.04. The van der Waals surface area contributed by atoms with Gasteiger partial charge in [0.15, 0.2) is 0 Å². The smallest absolute Gasteiger partial charge is 0.303 e. The summed E-state index contributed by atoms with van der Waals surface area (Å²) in [7, 11) is 3.93. The zero-order chi connectivity index (χ0) is 13.5. The molecule has 1 aliphatic rings. The molecule has 0 aliphatic carbocycles. The molecule has 1 saturated heterocycles. The number of aliphatic carboxylic acids is 1. The lowest BCUT2D eigenvalue weighted by atomic mass is 10.0. The van der Waals surface area contributed by atoms with Crippen LogP contribution in [0.4, 0.5) is 0 Å². The van der Waals surface area contributed by atoms with Gasteiger partial charge in [0.1, 0.15) is 0 Å². The van der Waals surface area contributed by atoms with E-state index in [4.69, 9.17) is 5.11 Å². The molecule has 0 spiro atoms.